The standard InChI is InChI=1S/C22H29N5S2/c28-21(24-17-19-7-3-1-4-8-19)23-11-12-26-13-15-27(16-14-26)22(29)25-18-20-9-5-2-6-10-20/h1-10H,11-18H2,(H,25,29)(H2,23,24,28). The zero-order chi connectivity index (χ0) is 20.3. The molecule has 2 aromatic carbocycles. The van der Waals surface area contributed by atoms with Crippen molar-refractivity contribution in [2.45, 2.75) is 13.1 Å². The van der Waals surface area contributed by atoms with Crippen LogP contribution >= 0.6 is 24.4 Å². The van der Waals surface area contributed by atoms with E-state index in [1.54, 1.807) is 0 Å². The average molecular weight is 428 g/mol. The first-order chi connectivity index (χ1) is 14.2. The first-order valence-corrected chi connectivity index (χ1v) is 10.9. The average Bonchev–Trinajstić information content (AvgIpc) is 2.78. The molecule has 1 saturated heterocycles. The molecule has 0 atom stereocenters. The topological polar surface area (TPSA) is 42.6 Å². The third-order valence-corrected chi connectivity index (χ3v) is 5.65. The van der Waals surface area contributed by atoms with E-state index in [4.69, 9.17) is 24.4 Å². The Kier molecular flexibility index (Phi) is 8.67. The number of rotatable bonds is 7. The minimum atomic E-state index is 0.707. The van der Waals surface area contributed by atoms with Gasteiger partial charge < -0.3 is 20.9 Å². The van der Waals surface area contributed by atoms with Crippen LogP contribution in [0, 0.1) is 0 Å². The first kappa shape index (κ1) is 21.5. The Bertz CT molecular complexity index is 759. The van der Waals surface area contributed by atoms with E-state index in [0.717, 1.165) is 57.5 Å². The number of piperazine rings is 1. The Morgan fingerprint density at radius 1 is 0.724 bits per heavy atom. The summed E-state index contributed by atoms with van der Waals surface area (Å²) < 4.78 is 0. The van der Waals surface area contributed by atoms with Crippen molar-refractivity contribution >= 4 is 34.7 Å². The van der Waals surface area contributed by atoms with Gasteiger partial charge in [-0.2, -0.15) is 0 Å². The molecule has 7 heteroatoms. The van der Waals surface area contributed by atoms with E-state index in [2.05, 4.69) is 62.1 Å². The predicted molar refractivity (Wildman–Crippen MR) is 128 cm³/mol. The number of hydrogen-bond donors (Lipinski definition) is 3. The van der Waals surface area contributed by atoms with Gasteiger partial charge in [-0.1, -0.05) is 60.7 Å². The Balaban J connectivity index is 1.26. The van der Waals surface area contributed by atoms with Gasteiger partial charge in [0.15, 0.2) is 10.2 Å². The molecule has 2 aromatic rings. The first-order valence-electron chi connectivity index (χ1n) is 10.1. The molecule has 3 N–H and O–H groups in total. The van der Waals surface area contributed by atoms with Gasteiger partial charge >= 0.3 is 0 Å². The van der Waals surface area contributed by atoms with Crippen molar-refractivity contribution in [1.29, 1.82) is 0 Å². The molecule has 0 saturated carbocycles. The zero-order valence-corrected chi connectivity index (χ0v) is 18.3. The Hall–Kier alpha value is -2.22. The third kappa shape index (κ3) is 7.61. The van der Waals surface area contributed by atoms with Gasteiger partial charge in [-0.3, -0.25) is 4.90 Å². The Morgan fingerprint density at radius 3 is 1.86 bits per heavy atom. The molecule has 29 heavy (non-hydrogen) atoms. The van der Waals surface area contributed by atoms with Crippen molar-refractivity contribution in [3.63, 3.8) is 0 Å². The van der Waals surface area contributed by atoms with Gasteiger partial charge in [0.1, 0.15) is 0 Å². The predicted octanol–water partition coefficient (Wildman–Crippen LogP) is 2.34. The highest BCUT2D eigenvalue weighted by Gasteiger charge is 2.18. The maximum atomic E-state index is 5.56. The lowest BCUT2D eigenvalue weighted by molar-refractivity contribution is 0.183. The molecule has 0 unspecified atom stereocenters. The van der Waals surface area contributed by atoms with E-state index in [1.807, 2.05) is 24.3 Å². The summed E-state index contributed by atoms with van der Waals surface area (Å²) in [5.41, 5.74) is 2.47. The summed E-state index contributed by atoms with van der Waals surface area (Å²) >= 11 is 10.9. The van der Waals surface area contributed by atoms with Gasteiger partial charge in [-0.05, 0) is 35.6 Å². The van der Waals surface area contributed by atoms with Gasteiger partial charge in [-0.15, -0.1) is 0 Å². The molecule has 1 aliphatic heterocycles. The van der Waals surface area contributed by atoms with Crippen LogP contribution < -0.4 is 16.0 Å². The molecule has 0 amide bonds. The molecule has 1 fully saturated rings. The summed E-state index contributed by atoms with van der Waals surface area (Å²) in [5, 5.41) is 11.5. The SMILES string of the molecule is S=C(NCCN1CCN(C(=S)NCc2ccccc2)CC1)NCc1ccccc1. The largest absolute Gasteiger partial charge is 0.361 e. The lowest BCUT2D eigenvalue weighted by atomic mass is 10.2. The molecule has 3 rings (SSSR count). The quantitative estimate of drug-likeness (QED) is 0.586. The van der Waals surface area contributed by atoms with Crippen molar-refractivity contribution in [1.82, 2.24) is 25.8 Å². The fourth-order valence-electron chi connectivity index (χ4n) is 3.23. The summed E-state index contributed by atoms with van der Waals surface area (Å²) in [6, 6.07) is 20.6. The van der Waals surface area contributed by atoms with Gasteiger partial charge in [-0.25, -0.2) is 0 Å². The third-order valence-electron chi connectivity index (χ3n) is 4.96. The molecule has 0 bridgehead atoms. The van der Waals surface area contributed by atoms with Crippen LogP contribution in [0.5, 0.6) is 0 Å². The second-order valence-corrected chi connectivity index (χ2v) is 7.86. The number of hydrogen-bond acceptors (Lipinski definition) is 3. The number of nitrogens with zero attached hydrogens (tertiary/aromatic N) is 2. The molecule has 5 nitrogen and oxygen atoms in total. The molecule has 0 aromatic heterocycles. The van der Waals surface area contributed by atoms with E-state index in [-0.39, 0.29) is 0 Å². The van der Waals surface area contributed by atoms with Crippen LogP contribution in [0.25, 0.3) is 0 Å². The number of benzene rings is 2. The minimum absolute atomic E-state index is 0.707. The van der Waals surface area contributed by atoms with Gasteiger partial charge in [0.05, 0.1) is 0 Å². The van der Waals surface area contributed by atoms with E-state index >= 15 is 0 Å². The second kappa shape index (κ2) is 11.7. The van der Waals surface area contributed by atoms with Crippen molar-refractivity contribution in [3.05, 3.63) is 71.8 Å². The summed E-state index contributed by atoms with van der Waals surface area (Å²) in [6.45, 7) is 7.28. The highest BCUT2D eigenvalue weighted by molar-refractivity contribution is 7.80. The van der Waals surface area contributed by atoms with Crippen LogP contribution in [0.3, 0.4) is 0 Å². The smallest absolute Gasteiger partial charge is 0.169 e. The van der Waals surface area contributed by atoms with E-state index in [9.17, 15) is 0 Å². The minimum Gasteiger partial charge on any atom is -0.361 e. The number of thiocarbonyl (C=S) groups is 2. The molecular weight excluding hydrogens is 398 g/mol. The van der Waals surface area contributed by atoms with E-state index in [1.165, 1.54) is 11.1 Å². The van der Waals surface area contributed by atoms with Crippen LogP contribution in [0.1, 0.15) is 11.1 Å². The van der Waals surface area contributed by atoms with Gasteiger partial charge in [0, 0.05) is 52.4 Å². The van der Waals surface area contributed by atoms with Crippen LogP contribution in [0.4, 0.5) is 0 Å². The summed E-state index contributed by atoms with van der Waals surface area (Å²) in [7, 11) is 0. The van der Waals surface area contributed by atoms with Crippen LogP contribution in [-0.2, 0) is 13.1 Å². The molecule has 0 spiro atoms. The second-order valence-electron chi connectivity index (χ2n) is 7.07. The van der Waals surface area contributed by atoms with Crippen molar-refractivity contribution in [2.24, 2.45) is 0 Å². The van der Waals surface area contributed by atoms with Gasteiger partial charge in [0.25, 0.3) is 0 Å². The molecule has 0 aliphatic carbocycles. The fraction of sp³-hybridized carbons (Fsp3) is 0.364. The molecule has 1 aliphatic rings. The Labute approximate surface area is 184 Å². The summed E-state index contributed by atoms with van der Waals surface area (Å²) in [5.74, 6) is 0. The summed E-state index contributed by atoms with van der Waals surface area (Å²) in [6.07, 6.45) is 0. The Morgan fingerprint density at radius 2 is 1.28 bits per heavy atom. The monoisotopic (exact) mass is 427 g/mol. The van der Waals surface area contributed by atoms with Crippen LogP contribution in [0.2, 0.25) is 0 Å². The molecule has 0 radical (unpaired) electrons. The van der Waals surface area contributed by atoms with Crippen molar-refractivity contribution in [3.8, 4) is 0 Å². The maximum Gasteiger partial charge on any atom is 0.169 e. The lowest BCUT2D eigenvalue weighted by Crippen LogP contribution is -2.52. The highest BCUT2D eigenvalue weighted by atomic mass is 32.1. The van der Waals surface area contributed by atoms with E-state index in [0.29, 0.717) is 5.11 Å². The number of nitrogens with one attached hydrogen (secondary N) is 3. The van der Waals surface area contributed by atoms with E-state index < -0.39 is 0 Å². The van der Waals surface area contributed by atoms with Crippen LogP contribution in [-0.4, -0.2) is 59.3 Å². The maximum absolute atomic E-state index is 5.56. The lowest BCUT2D eigenvalue weighted by Gasteiger charge is -2.36. The molecule has 154 valence electrons. The molecule has 1 heterocycles. The summed E-state index contributed by atoms with van der Waals surface area (Å²) in [4.78, 5) is 4.71. The van der Waals surface area contributed by atoms with Gasteiger partial charge in [0.2, 0.25) is 0 Å². The van der Waals surface area contributed by atoms with Crippen molar-refractivity contribution < 1.29 is 0 Å². The molecular formula is C22H29N5S2. The van der Waals surface area contributed by atoms with Crippen LogP contribution in [0.15, 0.2) is 60.7 Å². The van der Waals surface area contributed by atoms with Crippen molar-refractivity contribution in [2.75, 3.05) is 39.3 Å². The zero-order valence-electron chi connectivity index (χ0n) is 16.6. The normalized spacial score (nSPS) is 14.3. The fourth-order valence-corrected chi connectivity index (χ4v) is 3.66. The highest BCUT2D eigenvalue weighted by Crippen LogP contribution is 2.03.